The summed E-state index contributed by atoms with van der Waals surface area (Å²) >= 11 is 5.90. The second kappa shape index (κ2) is 5.40. The standard InChI is InChI=1S/C15H15ClFN/c1-2-4-10-5-3-6-11(7-10)13-8-12(17)9-14(16)15(13)18/h3,5-9H,2,4,18H2,1H3. The van der Waals surface area contributed by atoms with E-state index in [2.05, 4.69) is 13.0 Å². The molecule has 0 heterocycles. The molecule has 2 N–H and O–H groups in total. The van der Waals surface area contributed by atoms with Gasteiger partial charge in [-0.15, -0.1) is 0 Å². The molecule has 0 amide bonds. The van der Waals surface area contributed by atoms with E-state index in [1.54, 1.807) is 0 Å². The first-order valence-corrected chi connectivity index (χ1v) is 6.33. The zero-order chi connectivity index (χ0) is 13.1. The molecule has 0 fully saturated rings. The van der Waals surface area contributed by atoms with E-state index in [1.165, 1.54) is 17.7 Å². The van der Waals surface area contributed by atoms with Gasteiger partial charge in [-0.3, -0.25) is 0 Å². The van der Waals surface area contributed by atoms with Crippen molar-refractivity contribution in [2.75, 3.05) is 5.73 Å². The van der Waals surface area contributed by atoms with Crippen LogP contribution in [-0.2, 0) is 6.42 Å². The van der Waals surface area contributed by atoms with E-state index in [-0.39, 0.29) is 10.8 Å². The van der Waals surface area contributed by atoms with E-state index in [4.69, 9.17) is 17.3 Å². The number of aryl methyl sites for hydroxylation is 1. The monoisotopic (exact) mass is 263 g/mol. The molecule has 2 aromatic rings. The minimum Gasteiger partial charge on any atom is -0.397 e. The Labute approximate surface area is 111 Å². The summed E-state index contributed by atoms with van der Waals surface area (Å²) in [6, 6.07) is 10.6. The van der Waals surface area contributed by atoms with Crippen LogP contribution in [0.25, 0.3) is 11.1 Å². The summed E-state index contributed by atoms with van der Waals surface area (Å²) in [5.74, 6) is -0.370. The van der Waals surface area contributed by atoms with Crippen LogP contribution in [0.1, 0.15) is 18.9 Å². The maximum Gasteiger partial charge on any atom is 0.125 e. The molecule has 94 valence electrons. The summed E-state index contributed by atoms with van der Waals surface area (Å²) in [4.78, 5) is 0. The maximum absolute atomic E-state index is 13.4. The second-order valence-electron chi connectivity index (χ2n) is 4.30. The normalized spacial score (nSPS) is 10.6. The Kier molecular flexibility index (Phi) is 3.87. The number of hydrogen-bond acceptors (Lipinski definition) is 1. The Hall–Kier alpha value is -1.54. The van der Waals surface area contributed by atoms with E-state index in [1.807, 2.05) is 18.2 Å². The fourth-order valence-corrected chi connectivity index (χ4v) is 2.21. The van der Waals surface area contributed by atoms with E-state index in [9.17, 15) is 4.39 Å². The number of nitrogen functional groups attached to an aromatic ring is 1. The van der Waals surface area contributed by atoms with Crippen molar-refractivity contribution in [2.24, 2.45) is 0 Å². The summed E-state index contributed by atoms with van der Waals surface area (Å²) < 4.78 is 13.4. The van der Waals surface area contributed by atoms with E-state index >= 15 is 0 Å². The molecule has 0 aliphatic rings. The molecule has 1 nitrogen and oxygen atoms in total. The molecule has 0 spiro atoms. The molecular weight excluding hydrogens is 249 g/mol. The predicted octanol–water partition coefficient (Wildman–Crippen LogP) is 4.68. The molecule has 0 radical (unpaired) electrons. The number of hydrogen-bond donors (Lipinski definition) is 1. The molecule has 2 rings (SSSR count). The zero-order valence-corrected chi connectivity index (χ0v) is 11.0. The van der Waals surface area contributed by atoms with Gasteiger partial charge in [-0.05, 0) is 29.7 Å². The fraction of sp³-hybridized carbons (Fsp3) is 0.200. The average Bonchev–Trinajstić information content (AvgIpc) is 2.34. The molecule has 0 aromatic heterocycles. The lowest BCUT2D eigenvalue weighted by Gasteiger charge is -2.09. The quantitative estimate of drug-likeness (QED) is 0.800. The number of benzene rings is 2. The largest absolute Gasteiger partial charge is 0.397 e. The first-order valence-electron chi connectivity index (χ1n) is 5.95. The van der Waals surface area contributed by atoms with Crippen molar-refractivity contribution in [3.63, 3.8) is 0 Å². The summed E-state index contributed by atoms with van der Waals surface area (Å²) in [6.07, 6.45) is 2.07. The lowest BCUT2D eigenvalue weighted by atomic mass is 10.00. The molecular formula is C15H15ClFN. The zero-order valence-electron chi connectivity index (χ0n) is 10.2. The van der Waals surface area contributed by atoms with Gasteiger partial charge >= 0.3 is 0 Å². The maximum atomic E-state index is 13.4. The van der Waals surface area contributed by atoms with Gasteiger partial charge in [-0.2, -0.15) is 0 Å². The highest BCUT2D eigenvalue weighted by Gasteiger charge is 2.09. The van der Waals surface area contributed by atoms with Crippen LogP contribution in [0.4, 0.5) is 10.1 Å². The first kappa shape index (κ1) is 12.9. The topological polar surface area (TPSA) is 26.0 Å². The SMILES string of the molecule is CCCc1cccc(-c2cc(F)cc(Cl)c2N)c1. The third-order valence-corrected chi connectivity index (χ3v) is 3.18. The van der Waals surface area contributed by atoms with Crippen molar-refractivity contribution >= 4 is 17.3 Å². The fourth-order valence-electron chi connectivity index (χ4n) is 2.01. The highest BCUT2D eigenvalue weighted by Crippen LogP contribution is 2.33. The van der Waals surface area contributed by atoms with E-state index in [0.29, 0.717) is 11.3 Å². The lowest BCUT2D eigenvalue weighted by molar-refractivity contribution is 0.628. The van der Waals surface area contributed by atoms with Crippen molar-refractivity contribution < 1.29 is 4.39 Å². The lowest BCUT2D eigenvalue weighted by Crippen LogP contribution is -1.94. The Morgan fingerprint density at radius 1 is 1.22 bits per heavy atom. The average molecular weight is 264 g/mol. The minimum absolute atomic E-state index is 0.255. The number of halogens is 2. The summed E-state index contributed by atoms with van der Waals surface area (Å²) in [6.45, 7) is 2.13. The third-order valence-electron chi connectivity index (χ3n) is 2.87. The predicted molar refractivity (Wildman–Crippen MR) is 75.3 cm³/mol. The van der Waals surface area contributed by atoms with E-state index in [0.717, 1.165) is 18.4 Å². The van der Waals surface area contributed by atoms with Crippen LogP contribution in [0.3, 0.4) is 0 Å². The van der Waals surface area contributed by atoms with Crippen LogP contribution < -0.4 is 5.73 Å². The van der Waals surface area contributed by atoms with Crippen LogP contribution in [0, 0.1) is 5.82 Å². The Bertz CT molecular complexity index is 566. The van der Waals surface area contributed by atoms with Crippen molar-refractivity contribution in [1.82, 2.24) is 0 Å². The number of anilines is 1. The molecule has 0 atom stereocenters. The van der Waals surface area contributed by atoms with Gasteiger partial charge in [0.05, 0.1) is 10.7 Å². The molecule has 0 aliphatic carbocycles. The summed E-state index contributed by atoms with van der Waals surface area (Å²) in [7, 11) is 0. The van der Waals surface area contributed by atoms with Gasteiger partial charge in [0.2, 0.25) is 0 Å². The van der Waals surface area contributed by atoms with Gasteiger partial charge in [0.1, 0.15) is 5.82 Å². The summed E-state index contributed by atoms with van der Waals surface area (Å²) in [5.41, 5.74) is 9.10. The van der Waals surface area contributed by atoms with Crippen LogP contribution >= 0.6 is 11.6 Å². The smallest absolute Gasteiger partial charge is 0.125 e. The van der Waals surface area contributed by atoms with E-state index < -0.39 is 0 Å². The van der Waals surface area contributed by atoms with Crippen molar-refractivity contribution in [1.29, 1.82) is 0 Å². The van der Waals surface area contributed by atoms with Gasteiger partial charge in [0.15, 0.2) is 0 Å². The van der Waals surface area contributed by atoms with Crippen LogP contribution in [0.2, 0.25) is 5.02 Å². The highest BCUT2D eigenvalue weighted by atomic mass is 35.5. The molecule has 0 unspecified atom stereocenters. The van der Waals surface area contributed by atoms with Crippen LogP contribution in [0.5, 0.6) is 0 Å². The summed E-state index contributed by atoms with van der Waals surface area (Å²) in [5, 5.41) is 0.255. The highest BCUT2D eigenvalue weighted by molar-refractivity contribution is 6.33. The number of rotatable bonds is 3. The van der Waals surface area contributed by atoms with Gasteiger partial charge in [0.25, 0.3) is 0 Å². The Morgan fingerprint density at radius 3 is 2.72 bits per heavy atom. The minimum atomic E-state index is -0.370. The second-order valence-corrected chi connectivity index (χ2v) is 4.71. The first-order chi connectivity index (χ1) is 8.61. The molecule has 3 heteroatoms. The Morgan fingerprint density at radius 2 is 2.00 bits per heavy atom. The number of nitrogens with two attached hydrogens (primary N) is 1. The van der Waals surface area contributed by atoms with Gasteiger partial charge in [-0.25, -0.2) is 4.39 Å². The molecule has 0 aliphatic heterocycles. The van der Waals surface area contributed by atoms with Gasteiger partial charge in [-0.1, -0.05) is 49.2 Å². The third kappa shape index (κ3) is 2.65. The Balaban J connectivity index is 2.51. The molecule has 0 saturated heterocycles. The molecule has 2 aromatic carbocycles. The van der Waals surface area contributed by atoms with Gasteiger partial charge in [0, 0.05) is 5.56 Å². The molecule has 0 saturated carbocycles. The van der Waals surface area contributed by atoms with Crippen LogP contribution in [0.15, 0.2) is 36.4 Å². The van der Waals surface area contributed by atoms with Crippen molar-refractivity contribution in [3.05, 3.63) is 52.8 Å². The molecule has 18 heavy (non-hydrogen) atoms. The van der Waals surface area contributed by atoms with Crippen LogP contribution in [-0.4, -0.2) is 0 Å². The van der Waals surface area contributed by atoms with Crippen molar-refractivity contribution in [3.8, 4) is 11.1 Å². The molecule has 0 bridgehead atoms. The van der Waals surface area contributed by atoms with Crippen molar-refractivity contribution in [2.45, 2.75) is 19.8 Å². The van der Waals surface area contributed by atoms with Gasteiger partial charge < -0.3 is 5.73 Å².